The second-order valence-electron chi connectivity index (χ2n) is 5.65. The minimum atomic E-state index is -0.834. The van der Waals surface area contributed by atoms with E-state index in [1.165, 1.54) is 0 Å². The van der Waals surface area contributed by atoms with Gasteiger partial charge in [-0.3, -0.25) is 4.79 Å². The summed E-state index contributed by atoms with van der Waals surface area (Å²) in [6.45, 7) is 5.16. The minimum absolute atomic E-state index is 0.0455. The maximum absolute atomic E-state index is 12.0. The van der Waals surface area contributed by atoms with Crippen molar-refractivity contribution in [1.29, 1.82) is 0 Å². The third-order valence-corrected chi connectivity index (χ3v) is 3.29. The van der Waals surface area contributed by atoms with Gasteiger partial charge in [-0.2, -0.15) is 0 Å². The Morgan fingerprint density at radius 2 is 2.11 bits per heavy atom. The Bertz CT molecular complexity index is 333. The molecule has 1 aliphatic heterocycles. The van der Waals surface area contributed by atoms with Crippen molar-refractivity contribution in [2.75, 3.05) is 33.7 Å². The van der Waals surface area contributed by atoms with Gasteiger partial charge in [-0.05, 0) is 34.4 Å². The first-order chi connectivity index (χ1) is 8.24. The fraction of sp³-hybridized carbons (Fsp3) is 0.833. The number of hydrogen-bond donors (Lipinski definition) is 2. The van der Waals surface area contributed by atoms with Crippen LogP contribution in [-0.2, 0) is 4.79 Å². The maximum atomic E-state index is 12.0. The van der Waals surface area contributed by atoms with Crippen LogP contribution in [0, 0.1) is 5.41 Å². The van der Waals surface area contributed by atoms with E-state index >= 15 is 0 Å². The molecule has 104 valence electrons. The number of carboxylic acid groups (broad SMARTS) is 1. The average molecular weight is 257 g/mol. The van der Waals surface area contributed by atoms with Crippen LogP contribution in [0.4, 0.5) is 4.79 Å². The molecule has 1 fully saturated rings. The quantitative estimate of drug-likeness (QED) is 0.766. The molecule has 0 spiro atoms. The fourth-order valence-electron chi connectivity index (χ4n) is 2.20. The molecule has 2 amide bonds. The van der Waals surface area contributed by atoms with Crippen LogP contribution in [0.3, 0.4) is 0 Å². The van der Waals surface area contributed by atoms with Gasteiger partial charge in [0.15, 0.2) is 0 Å². The van der Waals surface area contributed by atoms with E-state index in [1.54, 1.807) is 11.8 Å². The first-order valence-corrected chi connectivity index (χ1v) is 6.18. The number of rotatable bonds is 4. The summed E-state index contributed by atoms with van der Waals surface area (Å²) in [5, 5.41) is 12.0. The summed E-state index contributed by atoms with van der Waals surface area (Å²) in [7, 11) is 3.89. The van der Waals surface area contributed by atoms with E-state index in [-0.39, 0.29) is 18.6 Å². The number of likely N-dealkylation sites (tertiary alicyclic amines) is 1. The summed E-state index contributed by atoms with van der Waals surface area (Å²) in [6.07, 6.45) is 0.512. The predicted octanol–water partition coefficient (Wildman–Crippen LogP) is 0.443. The summed E-state index contributed by atoms with van der Waals surface area (Å²) in [5.41, 5.74) is -0.803. The molecule has 6 heteroatoms. The van der Waals surface area contributed by atoms with Crippen LogP contribution < -0.4 is 5.32 Å². The number of likely N-dealkylation sites (N-methyl/N-ethyl adjacent to an activating group) is 1. The van der Waals surface area contributed by atoms with Crippen molar-refractivity contribution in [3.8, 4) is 0 Å². The highest BCUT2D eigenvalue weighted by molar-refractivity contribution is 5.79. The molecule has 0 aliphatic carbocycles. The van der Waals surface area contributed by atoms with Crippen LogP contribution >= 0.6 is 0 Å². The summed E-state index contributed by atoms with van der Waals surface area (Å²) in [5.74, 6) is -0.834. The van der Waals surface area contributed by atoms with Crippen LogP contribution in [0.2, 0.25) is 0 Å². The highest BCUT2D eigenvalue weighted by Gasteiger charge is 2.42. The Hall–Kier alpha value is -1.30. The van der Waals surface area contributed by atoms with Gasteiger partial charge < -0.3 is 20.2 Å². The zero-order chi connectivity index (χ0) is 13.9. The smallest absolute Gasteiger partial charge is 0.317 e. The fourth-order valence-corrected chi connectivity index (χ4v) is 2.20. The largest absolute Gasteiger partial charge is 0.481 e. The summed E-state index contributed by atoms with van der Waals surface area (Å²) >= 11 is 0. The van der Waals surface area contributed by atoms with Gasteiger partial charge >= 0.3 is 12.0 Å². The number of urea groups is 1. The lowest BCUT2D eigenvalue weighted by atomic mass is 9.90. The lowest BCUT2D eigenvalue weighted by molar-refractivity contribution is -0.146. The topological polar surface area (TPSA) is 72.9 Å². The van der Waals surface area contributed by atoms with E-state index in [1.807, 2.05) is 25.9 Å². The van der Waals surface area contributed by atoms with E-state index in [0.717, 1.165) is 6.54 Å². The Balaban J connectivity index is 2.48. The third-order valence-electron chi connectivity index (χ3n) is 3.29. The lowest BCUT2D eigenvalue weighted by Crippen LogP contribution is -2.47. The Morgan fingerprint density at radius 3 is 2.56 bits per heavy atom. The van der Waals surface area contributed by atoms with Crippen LogP contribution in [-0.4, -0.2) is 66.7 Å². The molecule has 1 heterocycles. The Morgan fingerprint density at radius 1 is 1.50 bits per heavy atom. The molecule has 0 aromatic heterocycles. The first kappa shape index (κ1) is 14.8. The number of hydrogen-bond acceptors (Lipinski definition) is 3. The first-order valence-electron chi connectivity index (χ1n) is 6.18. The Labute approximate surface area is 108 Å². The number of carbonyl (C=O) groups excluding carboxylic acids is 1. The highest BCUT2D eigenvalue weighted by Crippen LogP contribution is 2.29. The number of nitrogens with one attached hydrogen (secondary N) is 1. The number of amides is 2. The van der Waals surface area contributed by atoms with Crippen LogP contribution in [0.1, 0.15) is 20.3 Å². The molecule has 6 nitrogen and oxygen atoms in total. The molecule has 0 saturated carbocycles. The molecule has 1 aliphatic rings. The zero-order valence-electron chi connectivity index (χ0n) is 11.6. The van der Waals surface area contributed by atoms with E-state index in [0.29, 0.717) is 13.0 Å². The van der Waals surface area contributed by atoms with Crippen LogP contribution in [0.5, 0.6) is 0 Å². The van der Waals surface area contributed by atoms with Gasteiger partial charge in [0.2, 0.25) is 0 Å². The van der Waals surface area contributed by atoms with Gasteiger partial charge in [-0.25, -0.2) is 4.79 Å². The molecule has 1 saturated heterocycles. The SMILES string of the molecule is CC(CN(C)C)NC(=O)N1CCC(C)(C(=O)O)C1. The monoisotopic (exact) mass is 257 g/mol. The number of aliphatic carboxylic acids is 1. The van der Waals surface area contributed by atoms with Gasteiger partial charge in [0.1, 0.15) is 0 Å². The Kier molecular flexibility index (Phi) is 4.56. The zero-order valence-corrected chi connectivity index (χ0v) is 11.6. The van der Waals surface area contributed by atoms with Crippen LogP contribution in [0.15, 0.2) is 0 Å². The standard InChI is InChI=1S/C12H23N3O3/c1-9(7-14(3)4)13-11(18)15-6-5-12(2,8-15)10(16)17/h9H,5-8H2,1-4H3,(H,13,18)(H,16,17). The van der Waals surface area contributed by atoms with Crippen molar-refractivity contribution in [2.24, 2.45) is 5.41 Å². The molecule has 1 rings (SSSR count). The normalized spacial score (nSPS) is 25.3. The molecule has 0 aromatic rings. The molecule has 2 unspecified atom stereocenters. The average Bonchev–Trinajstić information content (AvgIpc) is 2.61. The minimum Gasteiger partial charge on any atom is -0.481 e. The van der Waals surface area contributed by atoms with Crippen molar-refractivity contribution in [2.45, 2.75) is 26.3 Å². The van der Waals surface area contributed by atoms with Crippen molar-refractivity contribution < 1.29 is 14.7 Å². The summed E-state index contributed by atoms with van der Waals surface area (Å²) in [6, 6.07) is -0.126. The molecule has 18 heavy (non-hydrogen) atoms. The van der Waals surface area contributed by atoms with Gasteiger partial charge in [0, 0.05) is 25.7 Å². The van der Waals surface area contributed by atoms with Crippen molar-refractivity contribution in [3.05, 3.63) is 0 Å². The predicted molar refractivity (Wildman–Crippen MR) is 68.5 cm³/mol. The second kappa shape index (κ2) is 5.56. The number of carbonyl (C=O) groups is 2. The molecule has 2 N–H and O–H groups in total. The number of nitrogens with zero attached hydrogens (tertiary/aromatic N) is 2. The van der Waals surface area contributed by atoms with E-state index in [2.05, 4.69) is 5.32 Å². The molecular weight excluding hydrogens is 234 g/mol. The molecular formula is C12H23N3O3. The van der Waals surface area contributed by atoms with Crippen molar-refractivity contribution in [3.63, 3.8) is 0 Å². The van der Waals surface area contributed by atoms with Gasteiger partial charge in [0.25, 0.3) is 0 Å². The number of carboxylic acids is 1. The van der Waals surface area contributed by atoms with Crippen molar-refractivity contribution >= 4 is 12.0 Å². The van der Waals surface area contributed by atoms with E-state index in [4.69, 9.17) is 5.11 Å². The summed E-state index contributed by atoms with van der Waals surface area (Å²) in [4.78, 5) is 26.6. The van der Waals surface area contributed by atoms with Crippen LogP contribution in [0.25, 0.3) is 0 Å². The third kappa shape index (κ3) is 3.60. The van der Waals surface area contributed by atoms with E-state index in [9.17, 15) is 9.59 Å². The molecule has 0 bridgehead atoms. The molecule has 0 aromatic carbocycles. The van der Waals surface area contributed by atoms with E-state index < -0.39 is 11.4 Å². The maximum Gasteiger partial charge on any atom is 0.317 e. The lowest BCUT2D eigenvalue weighted by Gasteiger charge is -2.24. The summed E-state index contributed by atoms with van der Waals surface area (Å²) < 4.78 is 0. The van der Waals surface area contributed by atoms with Crippen molar-refractivity contribution in [1.82, 2.24) is 15.1 Å². The van der Waals surface area contributed by atoms with Gasteiger partial charge in [-0.1, -0.05) is 0 Å². The van der Waals surface area contributed by atoms with Gasteiger partial charge in [-0.15, -0.1) is 0 Å². The van der Waals surface area contributed by atoms with Gasteiger partial charge in [0.05, 0.1) is 5.41 Å². The molecule has 2 atom stereocenters. The second-order valence-corrected chi connectivity index (χ2v) is 5.65. The molecule has 0 radical (unpaired) electrons. The highest BCUT2D eigenvalue weighted by atomic mass is 16.4.